The van der Waals surface area contributed by atoms with Crippen molar-refractivity contribution in [2.24, 2.45) is 0 Å². The molecule has 5 nitrogen and oxygen atoms in total. The summed E-state index contributed by atoms with van der Waals surface area (Å²) in [5, 5.41) is 12.0. The van der Waals surface area contributed by atoms with Gasteiger partial charge in [0, 0.05) is 12.6 Å². The Balaban J connectivity index is 1.82. The van der Waals surface area contributed by atoms with Gasteiger partial charge in [-0.1, -0.05) is 0 Å². The van der Waals surface area contributed by atoms with Gasteiger partial charge in [0.05, 0.1) is 18.2 Å². The summed E-state index contributed by atoms with van der Waals surface area (Å²) < 4.78 is 10.7. The summed E-state index contributed by atoms with van der Waals surface area (Å²) in [7, 11) is 0. The molecule has 0 amide bonds. The van der Waals surface area contributed by atoms with Crippen molar-refractivity contribution in [2.45, 2.75) is 38.5 Å². The first-order chi connectivity index (χ1) is 8.16. The van der Waals surface area contributed by atoms with Crippen LogP contribution in [0.25, 0.3) is 0 Å². The van der Waals surface area contributed by atoms with Crippen molar-refractivity contribution in [3.8, 4) is 0 Å². The second kappa shape index (κ2) is 5.33. The van der Waals surface area contributed by atoms with E-state index in [0.717, 1.165) is 19.4 Å². The number of ether oxygens (including phenoxy) is 1. The number of furan rings is 1. The highest BCUT2D eigenvalue weighted by molar-refractivity contribution is 5.87. The van der Waals surface area contributed by atoms with E-state index in [9.17, 15) is 4.79 Å². The predicted molar refractivity (Wildman–Crippen MR) is 60.9 cm³/mol. The smallest absolute Gasteiger partial charge is 0.338 e. The van der Waals surface area contributed by atoms with Gasteiger partial charge < -0.3 is 19.6 Å². The van der Waals surface area contributed by atoms with Gasteiger partial charge in [0.2, 0.25) is 0 Å². The first-order valence-corrected chi connectivity index (χ1v) is 5.82. The van der Waals surface area contributed by atoms with Crippen LogP contribution in [0.3, 0.4) is 0 Å². The average molecular weight is 239 g/mol. The molecule has 1 aromatic heterocycles. The van der Waals surface area contributed by atoms with Crippen LogP contribution in [-0.2, 0) is 11.3 Å². The maximum atomic E-state index is 10.7. The van der Waals surface area contributed by atoms with Crippen LogP contribution in [0.5, 0.6) is 0 Å². The molecule has 2 unspecified atom stereocenters. The number of hydrogen-bond acceptors (Lipinski definition) is 4. The Hall–Kier alpha value is -1.33. The SMILES string of the molecule is CC(NCc1cc(C(=O)O)co1)C1CCCO1. The molecule has 2 atom stereocenters. The molecule has 94 valence electrons. The topological polar surface area (TPSA) is 71.7 Å². The Bertz CT molecular complexity index is 382. The maximum absolute atomic E-state index is 10.7. The number of hydrogen-bond donors (Lipinski definition) is 2. The molecule has 1 aromatic rings. The molecule has 17 heavy (non-hydrogen) atoms. The van der Waals surface area contributed by atoms with E-state index >= 15 is 0 Å². The number of carboxylic acids is 1. The summed E-state index contributed by atoms with van der Waals surface area (Å²) in [6.45, 7) is 3.42. The zero-order valence-corrected chi connectivity index (χ0v) is 9.81. The molecule has 1 aliphatic rings. The zero-order valence-electron chi connectivity index (χ0n) is 9.81. The van der Waals surface area contributed by atoms with Crippen molar-refractivity contribution in [3.05, 3.63) is 23.7 Å². The highest BCUT2D eigenvalue weighted by Gasteiger charge is 2.22. The minimum atomic E-state index is -0.966. The van der Waals surface area contributed by atoms with Crippen LogP contribution >= 0.6 is 0 Å². The van der Waals surface area contributed by atoms with Crippen molar-refractivity contribution in [2.75, 3.05) is 6.61 Å². The molecule has 5 heteroatoms. The number of aromatic carboxylic acids is 1. The molecule has 0 bridgehead atoms. The van der Waals surface area contributed by atoms with Crippen LogP contribution in [0.2, 0.25) is 0 Å². The lowest BCUT2D eigenvalue weighted by Gasteiger charge is -2.19. The third-order valence-corrected chi connectivity index (χ3v) is 3.02. The highest BCUT2D eigenvalue weighted by atomic mass is 16.5. The maximum Gasteiger partial charge on any atom is 0.338 e. The highest BCUT2D eigenvalue weighted by Crippen LogP contribution is 2.16. The molecule has 1 aliphatic heterocycles. The molecular weight excluding hydrogens is 222 g/mol. The summed E-state index contributed by atoms with van der Waals surface area (Å²) in [6, 6.07) is 1.79. The molecule has 2 N–H and O–H groups in total. The fraction of sp³-hybridized carbons (Fsp3) is 0.583. The lowest BCUT2D eigenvalue weighted by Crippen LogP contribution is -2.36. The van der Waals surface area contributed by atoms with Crippen LogP contribution in [0.15, 0.2) is 16.7 Å². The molecule has 2 heterocycles. The summed E-state index contributed by atoms with van der Waals surface area (Å²) in [5.74, 6) is -0.334. The van der Waals surface area contributed by atoms with Crippen LogP contribution in [0, 0.1) is 0 Å². The minimum absolute atomic E-state index is 0.187. The second-order valence-corrected chi connectivity index (χ2v) is 4.33. The van der Waals surface area contributed by atoms with E-state index < -0.39 is 5.97 Å². The number of rotatable bonds is 5. The van der Waals surface area contributed by atoms with Crippen LogP contribution in [0.4, 0.5) is 0 Å². The van der Waals surface area contributed by atoms with Gasteiger partial charge in [-0.15, -0.1) is 0 Å². The van der Waals surface area contributed by atoms with E-state index in [1.807, 2.05) is 0 Å². The Morgan fingerprint density at radius 2 is 2.53 bits per heavy atom. The van der Waals surface area contributed by atoms with Crippen molar-refractivity contribution >= 4 is 5.97 Å². The molecule has 0 radical (unpaired) electrons. The van der Waals surface area contributed by atoms with E-state index in [-0.39, 0.29) is 17.7 Å². The van der Waals surface area contributed by atoms with Gasteiger partial charge in [-0.3, -0.25) is 0 Å². The number of carbonyl (C=O) groups is 1. The minimum Gasteiger partial charge on any atom is -0.478 e. The van der Waals surface area contributed by atoms with Gasteiger partial charge >= 0.3 is 5.97 Å². The van der Waals surface area contributed by atoms with E-state index in [2.05, 4.69) is 12.2 Å². The Morgan fingerprint density at radius 1 is 1.71 bits per heavy atom. The van der Waals surface area contributed by atoms with Crippen molar-refractivity contribution in [1.82, 2.24) is 5.32 Å². The third kappa shape index (κ3) is 3.08. The largest absolute Gasteiger partial charge is 0.478 e. The summed E-state index contributed by atoms with van der Waals surface area (Å²) >= 11 is 0. The van der Waals surface area contributed by atoms with Crippen molar-refractivity contribution in [1.29, 1.82) is 0 Å². The molecular formula is C12H17NO4. The van der Waals surface area contributed by atoms with E-state index in [1.165, 1.54) is 12.3 Å². The molecule has 1 fully saturated rings. The lowest BCUT2D eigenvalue weighted by atomic mass is 10.1. The van der Waals surface area contributed by atoms with E-state index in [0.29, 0.717) is 12.3 Å². The first-order valence-electron chi connectivity index (χ1n) is 5.82. The van der Waals surface area contributed by atoms with Crippen LogP contribution in [-0.4, -0.2) is 29.8 Å². The summed E-state index contributed by atoms with van der Waals surface area (Å²) in [5.41, 5.74) is 0.187. The molecule has 2 rings (SSSR count). The summed E-state index contributed by atoms with van der Waals surface area (Å²) in [4.78, 5) is 10.7. The van der Waals surface area contributed by atoms with Crippen molar-refractivity contribution in [3.63, 3.8) is 0 Å². The van der Waals surface area contributed by atoms with Gasteiger partial charge in [-0.25, -0.2) is 4.79 Å². The van der Waals surface area contributed by atoms with Gasteiger partial charge in [-0.2, -0.15) is 0 Å². The Labute approximate surface area is 99.8 Å². The average Bonchev–Trinajstić information content (AvgIpc) is 2.97. The Kier molecular flexibility index (Phi) is 3.81. The second-order valence-electron chi connectivity index (χ2n) is 4.33. The molecule has 1 saturated heterocycles. The number of carboxylic acid groups (broad SMARTS) is 1. The zero-order chi connectivity index (χ0) is 12.3. The van der Waals surface area contributed by atoms with Crippen LogP contribution < -0.4 is 5.32 Å². The monoisotopic (exact) mass is 239 g/mol. The Morgan fingerprint density at radius 3 is 3.12 bits per heavy atom. The third-order valence-electron chi connectivity index (χ3n) is 3.02. The quantitative estimate of drug-likeness (QED) is 0.817. The fourth-order valence-electron chi connectivity index (χ4n) is 1.98. The van der Waals surface area contributed by atoms with Gasteiger partial charge in [-0.05, 0) is 25.8 Å². The first kappa shape index (κ1) is 12.1. The summed E-state index contributed by atoms with van der Waals surface area (Å²) in [6.07, 6.45) is 3.70. The lowest BCUT2D eigenvalue weighted by molar-refractivity contribution is 0.0696. The number of nitrogens with one attached hydrogen (secondary N) is 1. The van der Waals surface area contributed by atoms with Crippen molar-refractivity contribution < 1.29 is 19.1 Å². The predicted octanol–water partition coefficient (Wildman–Crippen LogP) is 1.63. The molecule has 0 saturated carbocycles. The normalized spacial score (nSPS) is 21.6. The molecule has 0 aromatic carbocycles. The fourth-order valence-corrected chi connectivity index (χ4v) is 1.98. The van der Waals surface area contributed by atoms with E-state index in [4.69, 9.17) is 14.3 Å². The standard InChI is InChI=1S/C12H17NO4/c1-8(11-3-2-4-16-11)13-6-10-5-9(7-17-10)12(14)15/h5,7-8,11,13H,2-4,6H2,1H3,(H,14,15). The van der Waals surface area contributed by atoms with Gasteiger partial charge in [0.15, 0.2) is 0 Å². The van der Waals surface area contributed by atoms with E-state index in [1.54, 1.807) is 0 Å². The van der Waals surface area contributed by atoms with Gasteiger partial charge in [0.1, 0.15) is 12.0 Å². The van der Waals surface area contributed by atoms with Crippen LogP contribution in [0.1, 0.15) is 35.9 Å². The molecule has 0 spiro atoms. The molecule has 0 aliphatic carbocycles. The van der Waals surface area contributed by atoms with Gasteiger partial charge in [0.25, 0.3) is 0 Å².